The first-order valence-corrected chi connectivity index (χ1v) is 6.88. The number of aryl methyl sites for hydroxylation is 1. The van der Waals surface area contributed by atoms with Gasteiger partial charge in [-0.3, -0.25) is 0 Å². The standard InChI is InChI=1S/C12H16N4OS/c1-7-5-9-10(14-8-3-4-17-6-8)15-12(13-2)16-11(9)18-7/h5,8H,3-4,6H2,1-2H3,(H2,13,14,15,16). The van der Waals surface area contributed by atoms with E-state index in [2.05, 4.69) is 33.6 Å². The van der Waals surface area contributed by atoms with Gasteiger partial charge in [0.2, 0.25) is 5.95 Å². The van der Waals surface area contributed by atoms with Crippen LogP contribution < -0.4 is 10.6 Å². The first-order valence-electron chi connectivity index (χ1n) is 6.06. The minimum absolute atomic E-state index is 0.355. The summed E-state index contributed by atoms with van der Waals surface area (Å²) in [6, 6.07) is 2.49. The predicted molar refractivity (Wildman–Crippen MR) is 74.5 cm³/mol. The van der Waals surface area contributed by atoms with Crippen LogP contribution in [0.3, 0.4) is 0 Å². The molecule has 96 valence electrons. The number of hydrogen-bond donors (Lipinski definition) is 2. The zero-order valence-electron chi connectivity index (χ0n) is 10.5. The molecule has 2 aromatic heterocycles. The molecule has 5 nitrogen and oxygen atoms in total. The number of thiophene rings is 1. The Hall–Kier alpha value is -1.40. The van der Waals surface area contributed by atoms with Gasteiger partial charge in [0.15, 0.2) is 0 Å². The molecule has 0 spiro atoms. The van der Waals surface area contributed by atoms with Gasteiger partial charge in [-0.1, -0.05) is 0 Å². The van der Waals surface area contributed by atoms with Crippen molar-refractivity contribution in [2.24, 2.45) is 0 Å². The molecular formula is C12H16N4OS. The zero-order valence-corrected chi connectivity index (χ0v) is 11.3. The van der Waals surface area contributed by atoms with Crippen molar-refractivity contribution in [2.75, 3.05) is 30.9 Å². The van der Waals surface area contributed by atoms with Gasteiger partial charge in [-0.05, 0) is 19.4 Å². The van der Waals surface area contributed by atoms with Gasteiger partial charge in [-0.2, -0.15) is 4.98 Å². The van der Waals surface area contributed by atoms with Crippen LogP contribution >= 0.6 is 11.3 Å². The van der Waals surface area contributed by atoms with E-state index < -0.39 is 0 Å². The van der Waals surface area contributed by atoms with Gasteiger partial charge < -0.3 is 15.4 Å². The summed E-state index contributed by atoms with van der Waals surface area (Å²) in [5.74, 6) is 1.56. The highest BCUT2D eigenvalue weighted by molar-refractivity contribution is 7.18. The van der Waals surface area contributed by atoms with Gasteiger partial charge >= 0.3 is 0 Å². The quantitative estimate of drug-likeness (QED) is 0.890. The van der Waals surface area contributed by atoms with Crippen molar-refractivity contribution >= 4 is 33.3 Å². The van der Waals surface area contributed by atoms with E-state index in [1.165, 1.54) is 4.88 Å². The minimum atomic E-state index is 0.355. The maximum atomic E-state index is 5.38. The second-order valence-electron chi connectivity index (χ2n) is 4.43. The summed E-state index contributed by atoms with van der Waals surface area (Å²) in [5, 5.41) is 7.57. The molecule has 6 heteroatoms. The van der Waals surface area contributed by atoms with E-state index in [-0.39, 0.29) is 0 Å². The summed E-state index contributed by atoms with van der Waals surface area (Å²) in [6.45, 7) is 3.67. The normalized spacial score (nSPS) is 19.3. The Balaban J connectivity index is 2.01. The van der Waals surface area contributed by atoms with E-state index in [1.54, 1.807) is 11.3 Å². The van der Waals surface area contributed by atoms with Gasteiger partial charge in [0.05, 0.1) is 18.0 Å². The third-order valence-electron chi connectivity index (χ3n) is 3.01. The van der Waals surface area contributed by atoms with E-state index in [9.17, 15) is 0 Å². The molecule has 1 aliphatic rings. The Morgan fingerprint density at radius 1 is 1.44 bits per heavy atom. The molecule has 0 aliphatic carbocycles. The van der Waals surface area contributed by atoms with Crippen LogP contribution in [0, 0.1) is 6.92 Å². The largest absolute Gasteiger partial charge is 0.379 e. The van der Waals surface area contributed by atoms with Crippen molar-refractivity contribution in [2.45, 2.75) is 19.4 Å². The molecule has 0 bridgehead atoms. The zero-order chi connectivity index (χ0) is 12.5. The van der Waals surface area contributed by atoms with E-state index >= 15 is 0 Å². The van der Waals surface area contributed by atoms with Crippen molar-refractivity contribution in [1.29, 1.82) is 0 Å². The molecule has 1 fully saturated rings. The molecule has 18 heavy (non-hydrogen) atoms. The van der Waals surface area contributed by atoms with Crippen molar-refractivity contribution in [3.63, 3.8) is 0 Å². The van der Waals surface area contributed by atoms with Crippen LogP contribution in [-0.2, 0) is 4.74 Å². The molecule has 0 amide bonds. The summed E-state index contributed by atoms with van der Waals surface area (Å²) in [5.41, 5.74) is 0. The highest BCUT2D eigenvalue weighted by atomic mass is 32.1. The number of rotatable bonds is 3. The Morgan fingerprint density at radius 3 is 3.06 bits per heavy atom. The summed E-state index contributed by atoms with van der Waals surface area (Å²) in [4.78, 5) is 11.3. The Kier molecular flexibility index (Phi) is 3.05. The van der Waals surface area contributed by atoms with Gasteiger partial charge in [-0.15, -0.1) is 11.3 Å². The molecule has 1 atom stereocenters. The van der Waals surface area contributed by atoms with Gasteiger partial charge in [0.1, 0.15) is 10.6 Å². The average molecular weight is 264 g/mol. The number of anilines is 2. The fourth-order valence-electron chi connectivity index (χ4n) is 2.11. The van der Waals surface area contributed by atoms with E-state index in [1.807, 2.05) is 7.05 Å². The molecule has 2 N–H and O–H groups in total. The molecule has 1 unspecified atom stereocenters. The maximum absolute atomic E-state index is 5.38. The third-order valence-corrected chi connectivity index (χ3v) is 3.95. The number of nitrogens with one attached hydrogen (secondary N) is 2. The molecule has 1 saturated heterocycles. The maximum Gasteiger partial charge on any atom is 0.225 e. The molecule has 1 aliphatic heterocycles. The highest BCUT2D eigenvalue weighted by Crippen LogP contribution is 2.30. The first kappa shape index (κ1) is 11.7. The number of hydrogen-bond acceptors (Lipinski definition) is 6. The van der Waals surface area contributed by atoms with Crippen LogP contribution in [0.25, 0.3) is 10.2 Å². The second kappa shape index (κ2) is 4.70. The van der Waals surface area contributed by atoms with Crippen LogP contribution in [0.5, 0.6) is 0 Å². The smallest absolute Gasteiger partial charge is 0.225 e. The molecule has 2 aromatic rings. The van der Waals surface area contributed by atoms with Crippen LogP contribution in [0.2, 0.25) is 0 Å². The molecular weight excluding hydrogens is 248 g/mol. The molecule has 3 heterocycles. The summed E-state index contributed by atoms with van der Waals surface area (Å²) >= 11 is 1.69. The van der Waals surface area contributed by atoms with Gasteiger partial charge in [0.25, 0.3) is 0 Å². The fourth-order valence-corrected chi connectivity index (χ4v) is 2.98. The van der Waals surface area contributed by atoms with Crippen molar-refractivity contribution in [1.82, 2.24) is 9.97 Å². The molecule has 0 radical (unpaired) electrons. The lowest BCUT2D eigenvalue weighted by Gasteiger charge is -2.12. The van der Waals surface area contributed by atoms with Crippen molar-refractivity contribution < 1.29 is 4.74 Å². The van der Waals surface area contributed by atoms with E-state index in [0.717, 1.165) is 35.7 Å². The monoisotopic (exact) mass is 264 g/mol. The molecule has 3 rings (SSSR count). The fraction of sp³-hybridized carbons (Fsp3) is 0.500. The summed E-state index contributed by atoms with van der Waals surface area (Å²) in [7, 11) is 1.84. The van der Waals surface area contributed by atoms with Gasteiger partial charge in [0, 0.05) is 18.5 Å². The second-order valence-corrected chi connectivity index (χ2v) is 5.66. The number of nitrogens with zero attached hydrogens (tertiary/aromatic N) is 2. The summed E-state index contributed by atoms with van der Waals surface area (Å²) in [6.07, 6.45) is 1.03. The lowest BCUT2D eigenvalue weighted by molar-refractivity contribution is 0.195. The average Bonchev–Trinajstić information content (AvgIpc) is 2.97. The van der Waals surface area contributed by atoms with E-state index in [0.29, 0.717) is 12.0 Å². The lowest BCUT2D eigenvalue weighted by Crippen LogP contribution is -2.20. The predicted octanol–water partition coefficient (Wildman–Crippen LogP) is 2.24. The Bertz CT molecular complexity index is 562. The third kappa shape index (κ3) is 2.13. The molecule has 0 aromatic carbocycles. The van der Waals surface area contributed by atoms with Crippen molar-refractivity contribution in [3.05, 3.63) is 10.9 Å². The van der Waals surface area contributed by atoms with E-state index in [4.69, 9.17) is 4.74 Å². The lowest BCUT2D eigenvalue weighted by atomic mass is 10.2. The first-order chi connectivity index (χ1) is 8.76. The highest BCUT2D eigenvalue weighted by Gasteiger charge is 2.18. The van der Waals surface area contributed by atoms with Crippen LogP contribution in [-0.4, -0.2) is 36.3 Å². The van der Waals surface area contributed by atoms with Gasteiger partial charge in [-0.25, -0.2) is 4.98 Å². The van der Waals surface area contributed by atoms with Crippen molar-refractivity contribution in [3.8, 4) is 0 Å². The topological polar surface area (TPSA) is 59.1 Å². The number of ether oxygens (including phenoxy) is 1. The van der Waals surface area contributed by atoms with Crippen LogP contribution in [0.15, 0.2) is 6.07 Å². The Morgan fingerprint density at radius 2 is 2.33 bits per heavy atom. The minimum Gasteiger partial charge on any atom is -0.379 e. The van der Waals surface area contributed by atoms with Crippen LogP contribution in [0.1, 0.15) is 11.3 Å². The summed E-state index contributed by atoms with van der Waals surface area (Å²) < 4.78 is 5.38. The molecule has 0 saturated carbocycles. The SMILES string of the molecule is CNc1nc(NC2CCOC2)c2cc(C)sc2n1. The van der Waals surface area contributed by atoms with Crippen LogP contribution in [0.4, 0.5) is 11.8 Å². The number of aromatic nitrogens is 2. The Labute approximate surface area is 110 Å². The number of fused-ring (bicyclic) bond motifs is 1.